The van der Waals surface area contributed by atoms with E-state index in [1.54, 1.807) is 26.8 Å². The maximum atomic E-state index is 13.0. The molecule has 2 fully saturated rings. The second-order valence-electron chi connectivity index (χ2n) is 7.41. The molecule has 7 nitrogen and oxygen atoms in total. The molecule has 1 N–H and O–H groups in total. The van der Waals surface area contributed by atoms with Crippen molar-refractivity contribution in [3.8, 4) is 0 Å². The number of nitrogens with one attached hydrogen (secondary N) is 1. The molecule has 0 radical (unpaired) electrons. The normalized spacial score (nSPS) is 16.7. The van der Waals surface area contributed by atoms with Gasteiger partial charge >= 0.3 is 6.03 Å². The number of benzene rings is 2. The number of piperazine rings is 1. The Morgan fingerprint density at radius 3 is 2.07 bits per heavy atom. The molecular formula is C22H23FN4O3. The van der Waals surface area contributed by atoms with Crippen LogP contribution < -0.4 is 10.2 Å². The number of carbonyl (C=O) groups excluding carboxylic acids is 3. The van der Waals surface area contributed by atoms with Crippen LogP contribution in [0.4, 0.5) is 20.6 Å². The highest BCUT2D eigenvalue weighted by Gasteiger charge is 2.26. The highest BCUT2D eigenvalue weighted by molar-refractivity contribution is 5.97. The topological polar surface area (TPSA) is 73.0 Å². The van der Waals surface area contributed by atoms with Crippen LogP contribution in [0.25, 0.3) is 0 Å². The molecule has 0 atom stereocenters. The third-order valence-corrected chi connectivity index (χ3v) is 5.45. The van der Waals surface area contributed by atoms with Gasteiger partial charge in [-0.3, -0.25) is 9.59 Å². The summed E-state index contributed by atoms with van der Waals surface area (Å²) in [5.74, 6) is -0.336. The second-order valence-corrected chi connectivity index (χ2v) is 7.41. The van der Waals surface area contributed by atoms with Gasteiger partial charge in [0.2, 0.25) is 5.91 Å². The first-order valence-corrected chi connectivity index (χ1v) is 10.0. The quantitative estimate of drug-likeness (QED) is 0.846. The molecule has 156 valence electrons. The van der Waals surface area contributed by atoms with E-state index in [1.807, 2.05) is 12.1 Å². The maximum Gasteiger partial charge on any atom is 0.321 e. The SMILES string of the molecule is O=C(Nc1ccc(F)cc1)N1CCN(C(=O)c2ccc(N3CCCC3=O)cc2)CC1. The molecule has 0 unspecified atom stereocenters. The van der Waals surface area contributed by atoms with Gasteiger partial charge in [-0.25, -0.2) is 9.18 Å². The minimum Gasteiger partial charge on any atom is -0.335 e. The number of carbonyl (C=O) groups is 3. The molecule has 0 bridgehead atoms. The Labute approximate surface area is 174 Å². The van der Waals surface area contributed by atoms with Crippen LogP contribution in [0.3, 0.4) is 0 Å². The molecule has 8 heteroatoms. The summed E-state index contributed by atoms with van der Waals surface area (Å²) in [5.41, 5.74) is 1.91. The summed E-state index contributed by atoms with van der Waals surface area (Å²) in [6.45, 7) is 2.41. The minimum absolute atomic E-state index is 0.0899. The summed E-state index contributed by atoms with van der Waals surface area (Å²) in [5, 5.41) is 2.74. The Bertz CT molecular complexity index is 938. The van der Waals surface area contributed by atoms with Crippen LogP contribution in [-0.4, -0.2) is 60.4 Å². The molecule has 2 heterocycles. The fourth-order valence-electron chi connectivity index (χ4n) is 3.74. The van der Waals surface area contributed by atoms with E-state index in [2.05, 4.69) is 5.32 Å². The van der Waals surface area contributed by atoms with Crippen molar-refractivity contribution in [2.24, 2.45) is 0 Å². The van der Waals surface area contributed by atoms with E-state index >= 15 is 0 Å². The summed E-state index contributed by atoms with van der Waals surface area (Å²) in [7, 11) is 0. The maximum absolute atomic E-state index is 13.0. The highest BCUT2D eigenvalue weighted by Crippen LogP contribution is 2.22. The van der Waals surface area contributed by atoms with Crippen molar-refractivity contribution in [3.05, 3.63) is 59.9 Å². The van der Waals surface area contributed by atoms with Gasteiger partial charge < -0.3 is 20.0 Å². The zero-order valence-electron chi connectivity index (χ0n) is 16.5. The van der Waals surface area contributed by atoms with Crippen LogP contribution in [0.5, 0.6) is 0 Å². The Balaban J connectivity index is 1.31. The molecule has 0 aliphatic carbocycles. The molecule has 2 saturated heterocycles. The first kappa shape index (κ1) is 19.9. The van der Waals surface area contributed by atoms with E-state index in [0.717, 1.165) is 12.1 Å². The van der Waals surface area contributed by atoms with Gasteiger partial charge in [0.25, 0.3) is 5.91 Å². The number of hydrogen-bond acceptors (Lipinski definition) is 3. The van der Waals surface area contributed by atoms with Crippen molar-refractivity contribution in [2.45, 2.75) is 12.8 Å². The van der Waals surface area contributed by atoms with Crippen molar-refractivity contribution in [1.29, 1.82) is 0 Å². The summed E-state index contributed by atoms with van der Waals surface area (Å²) in [6, 6.07) is 12.4. The van der Waals surface area contributed by atoms with Gasteiger partial charge in [-0.1, -0.05) is 0 Å². The molecule has 2 aliphatic rings. The number of amides is 4. The lowest BCUT2D eigenvalue weighted by molar-refractivity contribution is -0.117. The molecule has 30 heavy (non-hydrogen) atoms. The molecule has 0 aromatic heterocycles. The summed E-state index contributed by atoms with van der Waals surface area (Å²) >= 11 is 0. The summed E-state index contributed by atoms with van der Waals surface area (Å²) in [4.78, 5) is 42.1. The summed E-state index contributed by atoms with van der Waals surface area (Å²) < 4.78 is 13.0. The number of halogens is 1. The van der Waals surface area contributed by atoms with Crippen LogP contribution in [0.1, 0.15) is 23.2 Å². The molecule has 4 rings (SSSR count). The predicted octanol–water partition coefficient (Wildman–Crippen LogP) is 2.94. The lowest BCUT2D eigenvalue weighted by atomic mass is 10.1. The van der Waals surface area contributed by atoms with E-state index in [1.165, 1.54) is 24.3 Å². The number of hydrogen-bond donors (Lipinski definition) is 1. The van der Waals surface area contributed by atoms with Gasteiger partial charge in [0.05, 0.1) is 0 Å². The van der Waals surface area contributed by atoms with Crippen LogP contribution in [0.15, 0.2) is 48.5 Å². The van der Waals surface area contributed by atoms with E-state index in [-0.39, 0.29) is 23.7 Å². The van der Waals surface area contributed by atoms with Gasteiger partial charge in [-0.2, -0.15) is 0 Å². The van der Waals surface area contributed by atoms with Gasteiger partial charge in [0.1, 0.15) is 5.82 Å². The van der Waals surface area contributed by atoms with E-state index in [0.29, 0.717) is 50.4 Å². The first-order valence-electron chi connectivity index (χ1n) is 10.0. The Morgan fingerprint density at radius 1 is 0.833 bits per heavy atom. The lowest BCUT2D eigenvalue weighted by Crippen LogP contribution is -2.51. The fraction of sp³-hybridized carbons (Fsp3) is 0.318. The molecule has 0 spiro atoms. The molecule has 0 saturated carbocycles. The minimum atomic E-state index is -0.361. The Hall–Kier alpha value is -3.42. The van der Waals surface area contributed by atoms with Crippen LogP contribution in [-0.2, 0) is 4.79 Å². The largest absolute Gasteiger partial charge is 0.335 e. The van der Waals surface area contributed by atoms with Gasteiger partial charge in [0, 0.05) is 56.1 Å². The van der Waals surface area contributed by atoms with Gasteiger partial charge in [-0.05, 0) is 55.0 Å². The Morgan fingerprint density at radius 2 is 1.47 bits per heavy atom. The fourth-order valence-corrected chi connectivity index (χ4v) is 3.74. The van der Waals surface area contributed by atoms with Crippen LogP contribution in [0.2, 0.25) is 0 Å². The zero-order valence-corrected chi connectivity index (χ0v) is 16.5. The second kappa shape index (κ2) is 8.52. The predicted molar refractivity (Wildman–Crippen MR) is 111 cm³/mol. The van der Waals surface area contributed by atoms with Crippen molar-refractivity contribution >= 4 is 29.2 Å². The van der Waals surface area contributed by atoms with Crippen molar-refractivity contribution in [2.75, 3.05) is 42.9 Å². The Kier molecular flexibility index (Phi) is 5.65. The number of anilines is 2. The first-order chi connectivity index (χ1) is 14.5. The highest BCUT2D eigenvalue weighted by atomic mass is 19.1. The average Bonchev–Trinajstić information content (AvgIpc) is 3.21. The number of nitrogens with zero attached hydrogens (tertiary/aromatic N) is 3. The van der Waals surface area contributed by atoms with E-state index < -0.39 is 0 Å². The number of rotatable bonds is 3. The van der Waals surface area contributed by atoms with Crippen molar-refractivity contribution in [3.63, 3.8) is 0 Å². The smallest absolute Gasteiger partial charge is 0.321 e. The van der Waals surface area contributed by atoms with E-state index in [4.69, 9.17) is 0 Å². The molecule has 2 aromatic carbocycles. The van der Waals surface area contributed by atoms with Crippen LogP contribution in [0, 0.1) is 5.82 Å². The van der Waals surface area contributed by atoms with Crippen molar-refractivity contribution in [1.82, 2.24) is 9.80 Å². The zero-order chi connectivity index (χ0) is 21.1. The average molecular weight is 410 g/mol. The summed E-state index contributed by atoms with van der Waals surface area (Å²) in [6.07, 6.45) is 1.43. The third kappa shape index (κ3) is 4.27. The van der Waals surface area contributed by atoms with Crippen LogP contribution >= 0.6 is 0 Å². The lowest BCUT2D eigenvalue weighted by Gasteiger charge is -2.34. The standard InChI is InChI=1S/C22H23FN4O3/c23-17-5-7-18(8-6-17)24-22(30)26-14-12-25(13-15-26)21(29)16-3-9-19(10-4-16)27-11-1-2-20(27)28/h3-10H,1-2,11-15H2,(H,24,30). The van der Waals surface area contributed by atoms with Gasteiger partial charge in [0.15, 0.2) is 0 Å². The molecule has 4 amide bonds. The monoisotopic (exact) mass is 410 g/mol. The van der Waals surface area contributed by atoms with Gasteiger partial charge in [-0.15, -0.1) is 0 Å². The van der Waals surface area contributed by atoms with Crippen molar-refractivity contribution < 1.29 is 18.8 Å². The third-order valence-electron chi connectivity index (χ3n) is 5.45. The van der Waals surface area contributed by atoms with E-state index in [9.17, 15) is 18.8 Å². The number of urea groups is 1. The molecule has 2 aliphatic heterocycles. The molecule has 2 aromatic rings. The molecular weight excluding hydrogens is 387 g/mol.